The summed E-state index contributed by atoms with van der Waals surface area (Å²) in [6.45, 7) is 1.13. The van der Waals surface area contributed by atoms with E-state index >= 15 is 0 Å². The summed E-state index contributed by atoms with van der Waals surface area (Å²) in [4.78, 5) is 15.5. The van der Waals surface area contributed by atoms with Gasteiger partial charge in [0.15, 0.2) is 0 Å². The first-order valence-corrected chi connectivity index (χ1v) is 8.85. The molecule has 1 N–H and O–H groups in total. The molecular formula is C14H21NO2S2. The van der Waals surface area contributed by atoms with Gasteiger partial charge < -0.3 is 10.0 Å². The van der Waals surface area contributed by atoms with Gasteiger partial charge in [-0.3, -0.25) is 4.79 Å². The quantitative estimate of drug-likeness (QED) is 0.841. The maximum atomic E-state index is 12.2. The van der Waals surface area contributed by atoms with Crippen molar-refractivity contribution in [2.45, 2.75) is 37.5 Å². The molecule has 0 spiro atoms. The Morgan fingerprint density at radius 2 is 2.47 bits per heavy atom. The SMILES string of the molecule is O=C(CSCc1cccs1)N1CCCC1CCCO. The number of amides is 1. The summed E-state index contributed by atoms with van der Waals surface area (Å²) in [5.74, 6) is 1.77. The first-order chi connectivity index (χ1) is 9.31. The highest BCUT2D eigenvalue weighted by atomic mass is 32.2. The molecule has 1 aromatic heterocycles. The summed E-state index contributed by atoms with van der Waals surface area (Å²) < 4.78 is 0. The lowest BCUT2D eigenvalue weighted by atomic mass is 10.1. The maximum absolute atomic E-state index is 12.2. The molecule has 3 nitrogen and oxygen atoms in total. The Kier molecular flexibility index (Phi) is 6.20. The van der Waals surface area contributed by atoms with Crippen LogP contribution in [0.15, 0.2) is 17.5 Å². The van der Waals surface area contributed by atoms with Crippen LogP contribution in [0.25, 0.3) is 0 Å². The van der Waals surface area contributed by atoms with E-state index < -0.39 is 0 Å². The molecule has 106 valence electrons. The van der Waals surface area contributed by atoms with Gasteiger partial charge in [0.25, 0.3) is 0 Å². The highest BCUT2D eigenvalue weighted by Gasteiger charge is 2.27. The molecule has 1 aromatic rings. The summed E-state index contributed by atoms with van der Waals surface area (Å²) in [6.07, 6.45) is 3.95. The van der Waals surface area contributed by atoms with Gasteiger partial charge in [0.05, 0.1) is 5.75 Å². The first-order valence-electron chi connectivity index (χ1n) is 6.81. The lowest BCUT2D eigenvalue weighted by Crippen LogP contribution is -2.36. The molecule has 1 unspecified atom stereocenters. The molecule has 1 fully saturated rings. The van der Waals surface area contributed by atoms with Crippen molar-refractivity contribution >= 4 is 29.0 Å². The zero-order valence-corrected chi connectivity index (χ0v) is 12.7. The fourth-order valence-corrected chi connectivity index (χ4v) is 4.26. The molecule has 19 heavy (non-hydrogen) atoms. The van der Waals surface area contributed by atoms with Crippen molar-refractivity contribution in [2.75, 3.05) is 18.9 Å². The van der Waals surface area contributed by atoms with Crippen LogP contribution in [0.4, 0.5) is 0 Å². The number of carbonyl (C=O) groups excluding carboxylic acids is 1. The number of carbonyl (C=O) groups is 1. The third-order valence-electron chi connectivity index (χ3n) is 3.44. The molecule has 0 saturated carbocycles. The van der Waals surface area contributed by atoms with Crippen molar-refractivity contribution in [2.24, 2.45) is 0 Å². The van der Waals surface area contributed by atoms with E-state index in [0.717, 1.165) is 38.0 Å². The normalized spacial score (nSPS) is 19.0. The molecular weight excluding hydrogens is 278 g/mol. The van der Waals surface area contributed by atoms with Gasteiger partial charge in [0.1, 0.15) is 0 Å². The Balaban J connectivity index is 1.72. The van der Waals surface area contributed by atoms with Crippen LogP contribution in [0.2, 0.25) is 0 Å². The average Bonchev–Trinajstić information content (AvgIpc) is 3.07. The summed E-state index contributed by atoms with van der Waals surface area (Å²) in [5.41, 5.74) is 0. The third kappa shape index (κ3) is 4.51. The van der Waals surface area contributed by atoms with Crippen molar-refractivity contribution in [1.29, 1.82) is 0 Å². The minimum Gasteiger partial charge on any atom is -0.396 e. The monoisotopic (exact) mass is 299 g/mol. The van der Waals surface area contributed by atoms with E-state index in [4.69, 9.17) is 5.11 Å². The third-order valence-corrected chi connectivity index (χ3v) is 5.47. The Morgan fingerprint density at radius 1 is 1.58 bits per heavy atom. The molecule has 1 amide bonds. The van der Waals surface area contributed by atoms with Gasteiger partial charge in [-0.25, -0.2) is 0 Å². The van der Waals surface area contributed by atoms with E-state index in [1.807, 2.05) is 11.0 Å². The standard InChI is InChI=1S/C14H21NO2S2/c16-8-2-5-12-4-1-7-15(12)14(17)11-18-10-13-6-3-9-19-13/h3,6,9,12,16H,1-2,4-5,7-8,10-11H2. The maximum Gasteiger partial charge on any atom is 0.232 e. The van der Waals surface area contributed by atoms with Crippen LogP contribution in [0.5, 0.6) is 0 Å². The lowest BCUT2D eigenvalue weighted by Gasteiger charge is -2.24. The molecule has 2 heterocycles. The Hall–Kier alpha value is -0.520. The predicted octanol–water partition coefficient (Wildman–Crippen LogP) is 2.74. The molecule has 0 bridgehead atoms. The van der Waals surface area contributed by atoms with Crippen LogP contribution in [-0.4, -0.2) is 40.9 Å². The van der Waals surface area contributed by atoms with Crippen molar-refractivity contribution in [1.82, 2.24) is 4.90 Å². The largest absolute Gasteiger partial charge is 0.396 e. The predicted molar refractivity (Wildman–Crippen MR) is 81.5 cm³/mol. The first kappa shape index (κ1) is 14.9. The highest BCUT2D eigenvalue weighted by Crippen LogP contribution is 2.23. The van der Waals surface area contributed by atoms with Crippen molar-refractivity contribution in [3.8, 4) is 0 Å². The van der Waals surface area contributed by atoms with Crippen LogP contribution < -0.4 is 0 Å². The number of hydrogen-bond acceptors (Lipinski definition) is 4. The van der Waals surface area contributed by atoms with Crippen LogP contribution in [0.3, 0.4) is 0 Å². The number of rotatable bonds is 7. The van der Waals surface area contributed by atoms with Crippen LogP contribution >= 0.6 is 23.1 Å². The molecule has 0 radical (unpaired) electrons. The minimum atomic E-state index is 0.228. The topological polar surface area (TPSA) is 40.5 Å². The van der Waals surface area contributed by atoms with Crippen LogP contribution in [-0.2, 0) is 10.5 Å². The second-order valence-electron chi connectivity index (χ2n) is 4.82. The zero-order chi connectivity index (χ0) is 13.5. The molecule has 1 saturated heterocycles. The van der Waals surface area contributed by atoms with Gasteiger partial charge >= 0.3 is 0 Å². The smallest absolute Gasteiger partial charge is 0.232 e. The minimum absolute atomic E-state index is 0.228. The summed E-state index contributed by atoms with van der Waals surface area (Å²) >= 11 is 3.45. The second kappa shape index (κ2) is 7.92. The van der Waals surface area contributed by atoms with Gasteiger partial charge in [-0.15, -0.1) is 23.1 Å². The van der Waals surface area contributed by atoms with E-state index in [2.05, 4.69) is 11.4 Å². The summed E-state index contributed by atoms with van der Waals surface area (Å²) in [5, 5.41) is 11.0. The van der Waals surface area contributed by atoms with E-state index in [0.29, 0.717) is 11.8 Å². The molecule has 5 heteroatoms. The van der Waals surface area contributed by atoms with Gasteiger partial charge in [-0.1, -0.05) is 6.07 Å². The Morgan fingerprint density at radius 3 is 3.21 bits per heavy atom. The number of hydrogen-bond donors (Lipinski definition) is 1. The van der Waals surface area contributed by atoms with Crippen LogP contribution in [0, 0.1) is 0 Å². The van der Waals surface area contributed by atoms with Crippen molar-refractivity contribution in [3.63, 3.8) is 0 Å². The van der Waals surface area contributed by atoms with Gasteiger partial charge in [0.2, 0.25) is 5.91 Å². The second-order valence-corrected chi connectivity index (χ2v) is 6.84. The molecule has 2 rings (SSSR count). The molecule has 1 aliphatic heterocycles. The van der Waals surface area contributed by atoms with E-state index in [1.165, 1.54) is 4.88 Å². The zero-order valence-electron chi connectivity index (χ0n) is 11.1. The molecule has 0 aromatic carbocycles. The fourth-order valence-electron chi connectivity index (χ4n) is 2.51. The average molecular weight is 299 g/mol. The fraction of sp³-hybridized carbons (Fsp3) is 0.643. The van der Waals surface area contributed by atoms with Gasteiger partial charge in [-0.05, 0) is 37.1 Å². The van der Waals surface area contributed by atoms with Crippen molar-refractivity contribution in [3.05, 3.63) is 22.4 Å². The number of thiophene rings is 1. The lowest BCUT2D eigenvalue weighted by molar-refractivity contribution is -0.129. The number of thioether (sulfide) groups is 1. The van der Waals surface area contributed by atoms with Crippen LogP contribution in [0.1, 0.15) is 30.6 Å². The summed E-state index contributed by atoms with van der Waals surface area (Å²) in [7, 11) is 0. The molecule has 1 aliphatic rings. The number of aliphatic hydroxyl groups is 1. The highest BCUT2D eigenvalue weighted by molar-refractivity contribution is 7.99. The van der Waals surface area contributed by atoms with E-state index in [-0.39, 0.29) is 12.5 Å². The molecule has 1 atom stereocenters. The van der Waals surface area contributed by atoms with Gasteiger partial charge in [0, 0.05) is 29.8 Å². The number of aliphatic hydroxyl groups excluding tert-OH is 1. The van der Waals surface area contributed by atoms with Crippen molar-refractivity contribution < 1.29 is 9.90 Å². The van der Waals surface area contributed by atoms with E-state index in [1.54, 1.807) is 23.1 Å². The molecule has 0 aliphatic carbocycles. The number of likely N-dealkylation sites (tertiary alicyclic amines) is 1. The Bertz CT molecular complexity index is 381. The summed E-state index contributed by atoms with van der Waals surface area (Å²) in [6, 6.07) is 4.53. The van der Waals surface area contributed by atoms with Gasteiger partial charge in [-0.2, -0.15) is 0 Å². The Labute approximate surface area is 123 Å². The number of nitrogens with zero attached hydrogens (tertiary/aromatic N) is 1. The van der Waals surface area contributed by atoms with E-state index in [9.17, 15) is 4.79 Å².